The molecule has 0 radical (unpaired) electrons. The molecule has 22 heavy (non-hydrogen) atoms. The molecule has 5 heteroatoms. The van der Waals surface area contributed by atoms with Crippen LogP contribution in [0.3, 0.4) is 0 Å². The minimum Gasteiger partial charge on any atom is -0.480 e. The summed E-state index contributed by atoms with van der Waals surface area (Å²) in [6, 6.07) is 7.01. The lowest BCUT2D eigenvalue weighted by Gasteiger charge is -2.19. The first-order chi connectivity index (χ1) is 10.6. The number of carboxylic acid groups (broad SMARTS) is 1. The maximum absolute atomic E-state index is 12.0. The van der Waals surface area contributed by atoms with Crippen molar-refractivity contribution in [1.82, 2.24) is 5.32 Å². The minimum absolute atomic E-state index is 0.0542. The number of anilines is 1. The summed E-state index contributed by atoms with van der Waals surface area (Å²) in [5.41, 5.74) is 1.90. The fraction of sp³-hybridized carbons (Fsp3) is 0.529. The number of nitrogens with one attached hydrogen (secondary N) is 2. The summed E-state index contributed by atoms with van der Waals surface area (Å²) in [6.45, 7) is 2.07. The number of carbonyl (C=O) groups excluding carboxylic acids is 1. The molecule has 120 valence electrons. The van der Waals surface area contributed by atoms with E-state index in [4.69, 9.17) is 0 Å². The summed E-state index contributed by atoms with van der Waals surface area (Å²) in [5.74, 6) is -1.24. The van der Waals surface area contributed by atoms with Gasteiger partial charge in [-0.05, 0) is 37.0 Å². The van der Waals surface area contributed by atoms with Crippen molar-refractivity contribution in [2.45, 2.75) is 57.5 Å². The third-order valence-electron chi connectivity index (χ3n) is 4.13. The lowest BCUT2D eigenvalue weighted by molar-refractivity contribution is -0.141. The van der Waals surface area contributed by atoms with Crippen LogP contribution >= 0.6 is 0 Å². The minimum atomic E-state index is -0.969. The van der Waals surface area contributed by atoms with Gasteiger partial charge in [0.05, 0.1) is 6.42 Å². The van der Waals surface area contributed by atoms with E-state index in [-0.39, 0.29) is 18.4 Å². The highest BCUT2D eigenvalue weighted by atomic mass is 16.4. The van der Waals surface area contributed by atoms with E-state index in [9.17, 15) is 14.7 Å². The van der Waals surface area contributed by atoms with E-state index >= 15 is 0 Å². The molecule has 1 aliphatic carbocycles. The highest BCUT2D eigenvalue weighted by molar-refractivity contribution is 5.94. The Morgan fingerprint density at radius 3 is 2.41 bits per heavy atom. The van der Waals surface area contributed by atoms with Gasteiger partial charge in [0.2, 0.25) is 5.91 Å². The molecule has 1 aromatic carbocycles. The van der Waals surface area contributed by atoms with Crippen molar-refractivity contribution < 1.29 is 14.7 Å². The molecule has 0 bridgehead atoms. The second-order valence-corrected chi connectivity index (χ2v) is 5.84. The van der Waals surface area contributed by atoms with Gasteiger partial charge < -0.3 is 15.7 Å². The van der Waals surface area contributed by atoms with Gasteiger partial charge in [-0.25, -0.2) is 0 Å². The molecule has 1 saturated carbocycles. The number of carboxylic acids is 1. The maximum Gasteiger partial charge on any atom is 0.321 e. The Hall–Kier alpha value is -1.88. The van der Waals surface area contributed by atoms with Gasteiger partial charge in [0.15, 0.2) is 0 Å². The summed E-state index contributed by atoms with van der Waals surface area (Å²) >= 11 is 0. The predicted octanol–water partition coefficient (Wildman–Crippen LogP) is 2.56. The quantitative estimate of drug-likeness (QED) is 0.723. The Bertz CT molecular complexity index is 507. The fourth-order valence-corrected chi connectivity index (χ4v) is 2.82. The van der Waals surface area contributed by atoms with E-state index in [1.165, 1.54) is 5.56 Å². The van der Waals surface area contributed by atoms with Crippen LogP contribution in [0.25, 0.3) is 0 Å². The molecule has 1 aromatic rings. The van der Waals surface area contributed by atoms with E-state index in [0.717, 1.165) is 32.1 Å². The number of rotatable bonds is 7. The van der Waals surface area contributed by atoms with Gasteiger partial charge in [-0.15, -0.1) is 0 Å². The molecule has 5 nitrogen and oxygen atoms in total. The molecule has 1 unspecified atom stereocenters. The molecule has 0 aliphatic heterocycles. The molecular weight excluding hydrogens is 280 g/mol. The Morgan fingerprint density at radius 1 is 1.23 bits per heavy atom. The smallest absolute Gasteiger partial charge is 0.321 e. The van der Waals surface area contributed by atoms with Gasteiger partial charge in [0, 0.05) is 11.7 Å². The van der Waals surface area contributed by atoms with E-state index in [1.807, 2.05) is 24.3 Å². The zero-order valence-corrected chi connectivity index (χ0v) is 13.0. The average Bonchev–Trinajstić information content (AvgIpc) is 3.00. The number of aryl methyl sites for hydroxylation is 1. The van der Waals surface area contributed by atoms with Crippen LogP contribution < -0.4 is 10.6 Å². The molecule has 1 atom stereocenters. The molecule has 0 heterocycles. The predicted molar refractivity (Wildman–Crippen MR) is 85.9 cm³/mol. The van der Waals surface area contributed by atoms with Crippen molar-refractivity contribution in [3.8, 4) is 0 Å². The number of hydrogen-bond donors (Lipinski definition) is 3. The highest BCUT2D eigenvalue weighted by Gasteiger charge is 2.26. The van der Waals surface area contributed by atoms with Crippen molar-refractivity contribution in [2.24, 2.45) is 0 Å². The first-order valence-electron chi connectivity index (χ1n) is 7.96. The standard InChI is InChI=1S/C17H24N2O3/c1-2-12-7-9-14(10-8-12)19-16(20)11-15(17(21)22)18-13-5-3-4-6-13/h7-10,13,15,18H,2-6,11H2,1H3,(H,19,20)(H,21,22). The molecular formula is C17H24N2O3. The van der Waals surface area contributed by atoms with Crippen LogP contribution in [0.15, 0.2) is 24.3 Å². The Kier molecular flexibility index (Phi) is 5.95. The van der Waals surface area contributed by atoms with Crippen molar-refractivity contribution in [1.29, 1.82) is 0 Å². The monoisotopic (exact) mass is 304 g/mol. The molecule has 0 saturated heterocycles. The largest absolute Gasteiger partial charge is 0.480 e. The van der Waals surface area contributed by atoms with Gasteiger partial charge in [-0.1, -0.05) is 31.9 Å². The van der Waals surface area contributed by atoms with Gasteiger partial charge in [-0.2, -0.15) is 0 Å². The SMILES string of the molecule is CCc1ccc(NC(=O)CC(NC2CCCC2)C(=O)O)cc1. The lowest BCUT2D eigenvalue weighted by Crippen LogP contribution is -2.44. The molecule has 3 N–H and O–H groups in total. The number of carbonyl (C=O) groups is 2. The molecule has 1 amide bonds. The summed E-state index contributed by atoms with van der Waals surface area (Å²) in [4.78, 5) is 23.4. The Labute approximate surface area is 131 Å². The Balaban J connectivity index is 1.87. The van der Waals surface area contributed by atoms with Crippen LogP contribution in [0.5, 0.6) is 0 Å². The fourth-order valence-electron chi connectivity index (χ4n) is 2.82. The highest BCUT2D eigenvalue weighted by Crippen LogP contribution is 2.19. The average molecular weight is 304 g/mol. The maximum atomic E-state index is 12.0. The third-order valence-corrected chi connectivity index (χ3v) is 4.13. The van der Waals surface area contributed by atoms with Gasteiger partial charge in [0.1, 0.15) is 6.04 Å². The van der Waals surface area contributed by atoms with E-state index in [1.54, 1.807) is 0 Å². The molecule has 0 spiro atoms. The van der Waals surface area contributed by atoms with Crippen LogP contribution in [-0.4, -0.2) is 29.1 Å². The number of amides is 1. The third kappa shape index (κ3) is 4.84. The normalized spacial score (nSPS) is 16.4. The molecule has 2 rings (SSSR count). The van der Waals surface area contributed by atoms with E-state index < -0.39 is 12.0 Å². The summed E-state index contributed by atoms with van der Waals surface area (Å²) in [6.07, 6.45) is 5.12. The van der Waals surface area contributed by atoms with Crippen molar-refractivity contribution in [3.05, 3.63) is 29.8 Å². The van der Waals surface area contributed by atoms with Crippen LogP contribution in [0, 0.1) is 0 Å². The summed E-state index contributed by atoms with van der Waals surface area (Å²) in [5, 5.41) is 15.1. The van der Waals surface area contributed by atoms with E-state index in [0.29, 0.717) is 5.69 Å². The topological polar surface area (TPSA) is 78.4 Å². The van der Waals surface area contributed by atoms with E-state index in [2.05, 4.69) is 17.6 Å². The first kappa shape index (κ1) is 16.5. The number of hydrogen-bond acceptors (Lipinski definition) is 3. The molecule has 1 fully saturated rings. The first-order valence-corrected chi connectivity index (χ1v) is 7.96. The molecule has 0 aromatic heterocycles. The summed E-state index contributed by atoms with van der Waals surface area (Å²) in [7, 11) is 0. The zero-order valence-electron chi connectivity index (χ0n) is 13.0. The number of aliphatic carboxylic acids is 1. The number of benzene rings is 1. The van der Waals surface area contributed by atoms with Crippen LogP contribution in [0.1, 0.15) is 44.6 Å². The lowest BCUT2D eigenvalue weighted by atomic mass is 10.1. The van der Waals surface area contributed by atoms with Crippen LogP contribution in [0.2, 0.25) is 0 Å². The zero-order chi connectivity index (χ0) is 15.9. The van der Waals surface area contributed by atoms with Crippen LogP contribution in [0.4, 0.5) is 5.69 Å². The van der Waals surface area contributed by atoms with Gasteiger partial charge in [0.25, 0.3) is 0 Å². The van der Waals surface area contributed by atoms with Gasteiger partial charge in [-0.3, -0.25) is 9.59 Å². The van der Waals surface area contributed by atoms with Gasteiger partial charge >= 0.3 is 5.97 Å². The van der Waals surface area contributed by atoms with Crippen molar-refractivity contribution >= 4 is 17.6 Å². The van der Waals surface area contributed by atoms with Crippen molar-refractivity contribution in [3.63, 3.8) is 0 Å². The van der Waals surface area contributed by atoms with Crippen LogP contribution in [-0.2, 0) is 16.0 Å². The summed E-state index contributed by atoms with van der Waals surface area (Å²) < 4.78 is 0. The van der Waals surface area contributed by atoms with Crippen molar-refractivity contribution in [2.75, 3.05) is 5.32 Å². The second-order valence-electron chi connectivity index (χ2n) is 5.84. The Morgan fingerprint density at radius 2 is 1.86 bits per heavy atom. The second kappa shape index (κ2) is 7.94. The molecule has 1 aliphatic rings.